The number of benzene rings is 2. The Morgan fingerprint density at radius 1 is 1.14 bits per heavy atom. The number of para-hydroxylation sites is 1. The van der Waals surface area contributed by atoms with Gasteiger partial charge in [-0.2, -0.15) is 0 Å². The highest BCUT2D eigenvalue weighted by atomic mass is 19.1. The molecule has 0 atom stereocenters. The van der Waals surface area contributed by atoms with E-state index in [0.29, 0.717) is 17.7 Å². The van der Waals surface area contributed by atoms with Gasteiger partial charge in [0.05, 0.1) is 0 Å². The first kappa shape index (κ1) is 13.3. The number of hydrogen-bond acceptors (Lipinski definition) is 4. The van der Waals surface area contributed by atoms with E-state index < -0.39 is 23.2 Å². The molecule has 7 heteroatoms. The van der Waals surface area contributed by atoms with Crippen molar-refractivity contribution < 1.29 is 27.4 Å². The SMILES string of the molecule is Oc1cccc2oc(COc3c(F)cc(F)cc3F)nc12. The average molecular weight is 295 g/mol. The van der Waals surface area contributed by atoms with Crippen LogP contribution in [0.2, 0.25) is 0 Å². The smallest absolute Gasteiger partial charge is 0.233 e. The molecule has 0 fully saturated rings. The fraction of sp³-hybridized carbons (Fsp3) is 0.0714. The molecular formula is C14H8F3NO3. The van der Waals surface area contributed by atoms with E-state index in [4.69, 9.17) is 9.15 Å². The summed E-state index contributed by atoms with van der Waals surface area (Å²) in [6.07, 6.45) is 0. The van der Waals surface area contributed by atoms with Gasteiger partial charge < -0.3 is 14.3 Å². The van der Waals surface area contributed by atoms with E-state index in [2.05, 4.69) is 4.98 Å². The maximum Gasteiger partial charge on any atom is 0.233 e. The van der Waals surface area contributed by atoms with E-state index in [1.807, 2.05) is 0 Å². The van der Waals surface area contributed by atoms with Crippen LogP contribution in [0, 0.1) is 17.5 Å². The predicted octanol–water partition coefficient (Wildman–Crippen LogP) is 3.53. The van der Waals surface area contributed by atoms with Crippen LogP contribution in [-0.2, 0) is 6.61 Å². The number of nitrogens with zero attached hydrogens (tertiary/aromatic N) is 1. The van der Waals surface area contributed by atoms with Crippen LogP contribution in [0.25, 0.3) is 11.1 Å². The second-order valence-electron chi connectivity index (χ2n) is 4.22. The summed E-state index contributed by atoms with van der Waals surface area (Å²) in [6.45, 7) is -0.367. The van der Waals surface area contributed by atoms with Crippen LogP contribution in [0.3, 0.4) is 0 Å². The number of aromatic nitrogens is 1. The minimum Gasteiger partial charge on any atom is -0.506 e. The first-order chi connectivity index (χ1) is 10.0. The molecule has 3 rings (SSSR count). The molecule has 0 radical (unpaired) electrons. The lowest BCUT2D eigenvalue weighted by molar-refractivity contribution is 0.242. The molecule has 0 amide bonds. The third-order valence-electron chi connectivity index (χ3n) is 2.75. The van der Waals surface area contributed by atoms with Crippen LogP contribution in [0.4, 0.5) is 13.2 Å². The van der Waals surface area contributed by atoms with E-state index in [0.717, 1.165) is 0 Å². The van der Waals surface area contributed by atoms with Gasteiger partial charge in [0.1, 0.15) is 11.6 Å². The van der Waals surface area contributed by atoms with Gasteiger partial charge in [0, 0.05) is 12.1 Å². The fourth-order valence-corrected chi connectivity index (χ4v) is 1.84. The molecule has 0 spiro atoms. The zero-order valence-corrected chi connectivity index (χ0v) is 10.4. The summed E-state index contributed by atoms with van der Waals surface area (Å²) in [6, 6.07) is 5.58. The van der Waals surface area contributed by atoms with Gasteiger partial charge in [0.15, 0.2) is 35.1 Å². The van der Waals surface area contributed by atoms with Crippen molar-refractivity contribution in [2.24, 2.45) is 0 Å². The lowest BCUT2D eigenvalue weighted by Crippen LogP contribution is -2.00. The summed E-state index contributed by atoms with van der Waals surface area (Å²) in [7, 11) is 0. The summed E-state index contributed by atoms with van der Waals surface area (Å²) in [5.74, 6) is -4.14. The van der Waals surface area contributed by atoms with E-state index >= 15 is 0 Å². The zero-order chi connectivity index (χ0) is 15.0. The first-order valence-electron chi connectivity index (χ1n) is 5.89. The van der Waals surface area contributed by atoms with Crippen molar-refractivity contribution in [1.82, 2.24) is 4.98 Å². The molecule has 1 heterocycles. The monoisotopic (exact) mass is 295 g/mol. The first-order valence-corrected chi connectivity index (χ1v) is 5.89. The highest BCUT2D eigenvalue weighted by Crippen LogP contribution is 2.26. The van der Waals surface area contributed by atoms with Gasteiger partial charge >= 0.3 is 0 Å². The van der Waals surface area contributed by atoms with Gasteiger partial charge in [-0.25, -0.2) is 18.2 Å². The van der Waals surface area contributed by atoms with E-state index in [1.165, 1.54) is 6.07 Å². The predicted molar refractivity (Wildman–Crippen MR) is 66.3 cm³/mol. The number of ether oxygens (including phenoxy) is 1. The molecule has 1 aromatic heterocycles. The second kappa shape index (κ2) is 5.01. The Bertz CT molecular complexity index is 793. The number of halogens is 3. The molecule has 1 N–H and O–H groups in total. The molecule has 108 valence electrons. The maximum absolute atomic E-state index is 13.4. The Kier molecular flexibility index (Phi) is 3.17. The summed E-state index contributed by atoms with van der Waals surface area (Å²) < 4.78 is 49.7. The highest BCUT2D eigenvalue weighted by molar-refractivity contribution is 5.79. The second-order valence-corrected chi connectivity index (χ2v) is 4.22. The maximum atomic E-state index is 13.4. The minimum absolute atomic E-state index is 0.0228. The van der Waals surface area contributed by atoms with Crippen molar-refractivity contribution in [3.63, 3.8) is 0 Å². The Morgan fingerprint density at radius 3 is 2.52 bits per heavy atom. The number of phenolic OH excluding ortho intramolecular Hbond substituents is 1. The number of aromatic hydroxyl groups is 1. The normalized spacial score (nSPS) is 11.0. The largest absolute Gasteiger partial charge is 0.506 e. The van der Waals surface area contributed by atoms with Crippen molar-refractivity contribution in [3.8, 4) is 11.5 Å². The molecule has 0 aliphatic heterocycles. The van der Waals surface area contributed by atoms with Crippen molar-refractivity contribution in [2.75, 3.05) is 0 Å². The molecule has 2 aromatic carbocycles. The van der Waals surface area contributed by atoms with Crippen molar-refractivity contribution in [2.45, 2.75) is 6.61 Å². The van der Waals surface area contributed by atoms with Crippen molar-refractivity contribution in [1.29, 1.82) is 0 Å². The molecule has 4 nitrogen and oxygen atoms in total. The van der Waals surface area contributed by atoms with Gasteiger partial charge in [-0.3, -0.25) is 0 Å². The Labute approximate surface area is 116 Å². The van der Waals surface area contributed by atoms with E-state index in [1.54, 1.807) is 12.1 Å². The fourth-order valence-electron chi connectivity index (χ4n) is 1.84. The molecular weight excluding hydrogens is 287 g/mol. The number of hydrogen-bond donors (Lipinski definition) is 1. The quantitative estimate of drug-likeness (QED) is 0.803. The molecule has 0 aliphatic carbocycles. The molecule has 0 unspecified atom stereocenters. The Morgan fingerprint density at radius 2 is 1.86 bits per heavy atom. The number of fused-ring (bicyclic) bond motifs is 1. The Balaban J connectivity index is 1.85. The van der Waals surface area contributed by atoms with Gasteiger partial charge in [-0.05, 0) is 12.1 Å². The molecule has 0 bridgehead atoms. The van der Waals surface area contributed by atoms with Gasteiger partial charge in [0.2, 0.25) is 5.89 Å². The third kappa shape index (κ3) is 2.49. The number of rotatable bonds is 3. The lowest BCUT2D eigenvalue weighted by atomic mass is 10.3. The molecule has 0 aliphatic rings. The van der Waals surface area contributed by atoms with E-state index in [9.17, 15) is 18.3 Å². The van der Waals surface area contributed by atoms with Crippen molar-refractivity contribution >= 4 is 11.1 Å². The summed E-state index contributed by atoms with van der Waals surface area (Å²) in [4.78, 5) is 3.94. The highest BCUT2D eigenvalue weighted by Gasteiger charge is 2.15. The number of oxazole rings is 1. The lowest BCUT2D eigenvalue weighted by Gasteiger charge is -2.06. The standard InChI is InChI=1S/C14H8F3NO3/c15-7-4-8(16)14(9(17)5-7)20-6-12-18-13-10(19)2-1-3-11(13)21-12/h1-5,19H,6H2. The molecule has 0 saturated heterocycles. The summed E-state index contributed by atoms with van der Waals surface area (Å²) in [5, 5.41) is 9.56. The Hall–Kier alpha value is -2.70. The third-order valence-corrected chi connectivity index (χ3v) is 2.75. The number of phenols is 1. The van der Waals surface area contributed by atoms with Crippen LogP contribution >= 0.6 is 0 Å². The molecule has 3 aromatic rings. The van der Waals surface area contributed by atoms with Crippen LogP contribution in [0.1, 0.15) is 5.89 Å². The average Bonchev–Trinajstić information content (AvgIpc) is 2.82. The molecule has 0 saturated carbocycles. The van der Waals surface area contributed by atoms with Crippen molar-refractivity contribution in [3.05, 3.63) is 53.7 Å². The topological polar surface area (TPSA) is 55.5 Å². The zero-order valence-electron chi connectivity index (χ0n) is 10.4. The summed E-state index contributed by atoms with van der Waals surface area (Å²) >= 11 is 0. The summed E-state index contributed by atoms with van der Waals surface area (Å²) in [5.41, 5.74) is 0.532. The van der Waals surface area contributed by atoms with Gasteiger partial charge in [-0.15, -0.1) is 0 Å². The van der Waals surface area contributed by atoms with Crippen LogP contribution in [0.15, 0.2) is 34.7 Å². The van der Waals surface area contributed by atoms with Crippen LogP contribution in [0.5, 0.6) is 11.5 Å². The van der Waals surface area contributed by atoms with E-state index in [-0.39, 0.29) is 23.8 Å². The van der Waals surface area contributed by atoms with Gasteiger partial charge in [0.25, 0.3) is 0 Å². The minimum atomic E-state index is -1.16. The van der Waals surface area contributed by atoms with Crippen LogP contribution in [-0.4, -0.2) is 10.1 Å². The van der Waals surface area contributed by atoms with Gasteiger partial charge in [-0.1, -0.05) is 6.07 Å². The molecule has 21 heavy (non-hydrogen) atoms. The van der Waals surface area contributed by atoms with Crippen LogP contribution < -0.4 is 4.74 Å².